The van der Waals surface area contributed by atoms with E-state index in [-0.39, 0.29) is 24.9 Å². The molecular weight excluding hydrogens is 378 g/mol. The van der Waals surface area contributed by atoms with Gasteiger partial charge in [0.2, 0.25) is 11.8 Å². The molecule has 1 aromatic rings. The van der Waals surface area contributed by atoms with E-state index in [1.165, 1.54) is 4.90 Å². The van der Waals surface area contributed by atoms with Crippen LogP contribution < -0.4 is 5.32 Å². The number of amides is 2. The van der Waals surface area contributed by atoms with E-state index in [4.69, 9.17) is 0 Å². The summed E-state index contributed by atoms with van der Waals surface area (Å²) < 4.78 is 77.2. The Kier molecular flexibility index (Phi) is 4.85. The average Bonchev–Trinajstić information content (AvgIpc) is 3.27. The summed E-state index contributed by atoms with van der Waals surface area (Å²) in [7, 11) is 0. The minimum absolute atomic E-state index is 0.00782. The maximum Gasteiger partial charge on any atom is 0.416 e. The van der Waals surface area contributed by atoms with Gasteiger partial charge in [0.05, 0.1) is 17.0 Å². The summed E-state index contributed by atoms with van der Waals surface area (Å²) in [5, 5.41) is 2.10. The largest absolute Gasteiger partial charge is 0.416 e. The Labute approximate surface area is 150 Å². The fourth-order valence-electron chi connectivity index (χ4n) is 3.01. The molecule has 1 N–H and O–H groups in total. The molecule has 1 heterocycles. The molecule has 148 valence electrons. The second kappa shape index (κ2) is 6.72. The second-order valence-corrected chi connectivity index (χ2v) is 6.93. The average molecular weight is 394 g/mol. The number of likely N-dealkylation sites (tertiary alicyclic amines) is 1. The van der Waals surface area contributed by atoms with Gasteiger partial charge in [0.25, 0.3) is 0 Å². The molecular formula is C17H16F6N2O2. The molecule has 0 aromatic heterocycles. The first-order valence-corrected chi connectivity index (χ1v) is 8.31. The quantitative estimate of drug-likeness (QED) is 0.787. The lowest BCUT2D eigenvalue weighted by Gasteiger charge is -2.17. The van der Waals surface area contributed by atoms with E-state index in [0.29, 0.717) is 24.6 Å². The van der Waals surface area contributed by atoms with Gasteiger partial charge >= 0.3 is 12.4 Å². The number of anilines is 1. The molecule has 1 saturated heterocycles. The maximum absolute atomic E-state index is 12.9. The Balaban J connectivity index is 1.76. The van der Waals surface area contributed by atoms with Gasteiger partial charge in [-0.3, -0.25) is 9.59 Å². The van der Waals surface area contributed by atoms with E-state index in [0.717, 1.165) is 12.8 Å². The van der Waals surface area contributed by atoms with Gasteiger partial charge in [-0.1, -0.05) is 0 Å². The topological polar surface area (TPSA) is 49.4 Å². The van der Waals surface area contributed by atoms with Crippen LogP contribution in [0, 0.1) is 11.8 Å². The normalized spacial score (nSPS) is 20.9. The molecule has 2 fully saturated rings. The highest BCUT2D eigenvalue weighted by atomic mass is 19.4. The number of hydrogen-bond donors (Lipinski definition) is 1. The molecule has 0 unspecified atom stereocenters. The molecule has 0 radical (unpaired) electrons. The standard InChI is InChI=1S/C17H16F6N2O2/c18-16(19,20)11-4-12(17(21,22)23)6-13(5-11)24-15(27)10-3-14(26)25(8-10)7-9-1-2-9/h4-6,9-10H,1-3,7-8H2,(H,24,27)/t10-/m0/s1. The fraction of sp³-hybridized carbons (Fsp3) is 0.529. The number of nitrogens with zero attached hydrogens (tertiary/aromatic N) is 1. The van der Waals surface area contributed by atoms with E-state index >= 15 is 0 Å². The first-order valence-electron chi connectivity index (χ1n) is 8.31. The molecule has 1 aliphatic carbocycles. The van der Waals surface area contributed by atoms with Crippen LogP contribution in [0.3, 0.4) is 0 Å². The number of halogens is 6. The first kappa shape index (κ1) is 19.5. The lowest BCUT2D eigenvalue weighted by molar-refractivity contribution is -0.143. The molecule has 1 atom stereocenters. The number of hydrogen-bond acceptors (Lipinski definition) is 2. The van der Waals surface area contributed by atoms with E-state index in [9.17, 15) is 35.9 Å². The van der Waals surface area contributed by atoms with Crippen molar-refractivity contribution in [3.63, 3.8) is 0 Å². The van der Waals surface area contributed by atoms with E-state index in [2.05, 4.69) is 5.32 Å². The van der Waals surface area contributed by atoms with Crippen LogP contribution in [-0.4, -0.2) is 29.8 Å². The Bertz CT molecular complexity index is 723. The van der Waals surface area contributed by atoms with Crippen LogP contribution in [0.4, 0.5) is 32.0 Å². The molecule has 0 bridgehead atoms. The van der Waals surface area contributed by atoms with Crippen molar-refractivity contribution in [3.05, 3.63) is 29.3 Å². The molecule has 10 heteroatoms. The van der Waals surface area contributed by atoms with Crippen LogP contribution in [0.5, 0.6) is 0 Å². The van der Waals surface area contributed by atoms with Gasteiger partial charge in [-0.2, -0.15) is 26.3 Å². The van der Waals surface area contributed by atoms with Crippen molar-refractivity contribution < 1.29 is 35.9 Å². The zero-order valence-electron chi connectivity index (χ0n) is 14.0. The number of benzene rings is 1. The summed E-state index contributed by atoms with van der Waals surface area (Å²) in [4.78, 5) is 25.7. The van der Waals surface area contributed by atoms with Gasteiger partial charge in [0.15, 0.2) is 0 Å². The number of nitrogens with one attached hydrogen (secondary N) is 1. The van der Waals surface area contributed by atoms with Crippen LogP contribution in [0.1, 0.15) is 30.4 Å². The summed E-state index contributed by atoms with van der Waals surface area (Å²) in [5.74, 6) is -1.40. The Hall–Kier alpha value is -2.26. The van der Waals surface area contributed by atoms with E-state index in [1.807, 2.05) is 0 Å². The zero-order chi connectivity index (χ0) is 20.0. The lowest BCUT2D eigenvalue weighted by Crippen LogP contribution is -2.30. The highest BCUT2D eigenvalue weighted by Crippen LogP contribution is 2.38. The lowest BCUT2D eigenvalue weighted by atomic mass is 10.1. The van der Waals surface area contributed by atoms with Crippen LogP contribution in [0.2, 0.25) is 0 Å². The number of rotatable bonds is 4. The molecule has 1 saturated carbocycles. The minimum atomic E-state index is -4.99. The van der Waals surface area contributed by atoms with Gasteiger partial charge in [0, 0.05) is 25.2 Å². The third-order valence-corrected chi connectivity index (χ3v) is 4.62. The minimum Gasteiger partial charge on any atom is -0.342 e. The summed E-state index contributed by atoms with van der Waals surface area (Å²) in [5.41, 5.74) is -3.62. The van der Waals surface area contributed by atoms with Crippen LogP contribution in [0.25, 0.3) is 0 Å². The van der Waals surface area contributed by atoms with Crippen molar-refractivity contribution in [2.45, 2.75) is 31.6 Å². The van der Waals surface area contributed by atoms with E-state index < -0.39 is 41.0 Å². The Morgan fingerprint density at radius 3 is 2.07 bits per heavy atom. The summed E-state index contributed by atoms with van der Waals surface area (Å²) in [6, 6.07) is 0.893. The van der Waals surface area contributed by atoms with Crippen molar-refractivity contribution in [1.82, 2.24) is 4.90 Å². The summed E-state index contributed by atoms with van der Waals surface area (Å²) >= 11 is 0. The van der Waals surface area contributed by atoms with Crippen molar-refractivity contribution in [2.24, 2.45) is 11.8 Å². The van der Waals surface area contributed by atoms with Crippen molar-refractivity contribution >= 4 is 17.5 Å². The molecule has 1 aromatic carbocycles. The van der Waals surface area contributed by atoms with E-state index in [1.54, 1.807) is 0 Å². The van der Waals surface area contributed by atoms with Gasteiger partial charge in [-0.05, 0) is 37.0 Å². The predicted molar refractivity (Wildman–Crippen MR) is 82.5 cm³/mol. The zero-order valence-corrected chi connectivity index (χ0v) is 14.0. The van der Waals surface area contributed by atoms with Gasteiger partial charge in [0.1, 0.15) is 0 Å². The third kappa shape index (κ3) is 4.72. The van der Waals surface area contributed by atoms with Crippen molar-refractivity contribution in [1.29, 1.82) is 0 Å². The van der Waals surface area contributed by atoms with Gasteiger partial charge in [-0.15, -0.1) is 0 Å². The molecule has 2 aliphatic rings. The van der Waals surface area contributed by atoms with Crippen LogP contribution >= 0.6 is 0 Å². The highest BCUT2D eigenvalue weighted by molar-refractivity contribution is 5.97. The van der Waals surface area contributed by atoms with Crippen LogP contribution in [0.15, 0.2) is 18.2 Å². The molecule has 27 heavy (non-hydrogen) atoms. The smallest absolute Gasteiger partial charge is 0.342 e. The fourth-order valence-corrected chi connectivity index (χ4v) is 3.01. The first-order chi connectivity index (χ1) is 12.4. The molecule has 0 spiro atoms. The number of alkyl halides is 6. The molecule has 1 aliphatic heterocycles. The third-order valence-electron chi connectivity index (χ3n) is 4.62. The second-order valence-electron chi connectivity index (χ2n) is 6.93. The summed E-state index contributed by atoms with van der Waals surface area (Å²) in [6.45, 7) is 0.649. The van der Waals surface area contributed by atoms with Crippen molar-refractivity contribution in [2.75, 3.05) is 18.4 Å². The number of carbonyl (C=O) groups is 2. The predicted octanol–water partition coefficient (Wildman–Crippen LogP) is 3.92. The van der Waals surface area contributed by atoms with Gasteiger partial charge < -0.3 is 10.2 Å². The summed E-state index contributed by atoms with van der Waals surface area (Å²) in [6.07, 6.45) is -8.09. The van der Waals surface area contributed by atoms with Gasteiger partial charge in [-0.25, -0.2) is 0 Å². The molecule has 4 nitrogen and oxygen atoms in total. The SMILES string of the molecule is O=C(Nc1cc(C(F)(F)F)cc(C(F)(F)F)c1)[C@H]1CC(=O)N(CC2CC2)C1. The Morgan fingerprint density at radius 2 is 1.59 bits per heavy atom. The maximum atomic E-state index is 12.9. The van der Waals surface area contributed by atoms with Crippen molar-refractivity contribution in [3.8, 4) is 0 Å². The van der Waals surface area contributed by atoms with Crippen LogP contribution in [-0.2, 0) is 21.9 Å². The monoisotopic (exact) mass is 394 g/mol. The Morgan fingerprint density at radius 1 is 1.04 bits per heavy atom. The molecule has 3 rings (SSSR count). The number of carbonyl (C=O) groups excluding carboxylic acids is 2. The molecule has 2 amide bonds. The highest BCUT2D eigenvalue weighted by Gasteiger charge is 2.39.